The third kappa shape index (κ3) is 4.68. The standard InChI is InChI=1S/C18H16F3NO2/c1-12-7-9-14(10-8-12)16(23)15(22-17(24)18(19,20)21)11-13-5-3-2-4-6-13/h2-10,15H,11H2,1H3,(H,22,24)/t15-/m1/s1. The molecule has 1 amide bonds. The Kier molecular flexibility index (Phi) is 5.39. The number of halogens is 3. The predicted octanol–water partition coefficient (Wildman–Crippen LogP) is 3.47. The fourth-order valence-corrected chi connectivity index (χ4v) is 2.22. The minimum absolute atomic E-state index is 0.0185. The van der Waals surface area contributed by atoms with Crippen LogP contribution in [0.1, 0.15) is 21.5 Å². The number of ketones is 1. The van der Waals surface area contributed by atoms with Crippen molar-refractivity contribution in [1.82, 2.24) is 5.32 Å². The second-order valence-electron chi connectivity index (χ2n) is 5.44. The average Bonchev–Trinajstić information content (AvgIpc) is 2.54. The number of hydrogen-bond acceptors (Lipinski definition) is 2. The molecule has 24 heavy (non-hydrogen) atoms. The maximum atomic E-state index is 12.5. The lowest BCUT2D eigenvalue weighted by atomic mass is 9.97. The first kappa shape index (κ1) is 17.7. The van der Waals surface area contributed by atoms with E-state index >= 15 is 0 Å². The summed E-state index contributed by atoms with van der Waals surface area (Å²) in [7, 11) is 0. The van der Waals surface area contributed by atoms with Gasteiger partial charge in [0.15, 0.2) is 5.78 Å². The lowest BCUT2D eigenvalue weighted by molar-refractivity contribution is -0.174. The fourth-order valence-electron chi connectivity index (χ4n) is 2.22. The van der Waals surface area contributed by atoms with E-state index in [0.29, 0.717) is 5.56 Å². The summed E-state index contributed by atoms with van der Waals surface area (Å²) in [6.45, 7) is 1.83. The fraction of sp³-hybridized carbons (Fsp3) is 0.222. The number of carbonyl (C=O) groups excluding carboxylic acids is 2. The van der Waals surface area contributed by atoms with Gasteiger partial charge in [0.25, 0.3) is 0 Å². The number of alkyl halides is 3. The topological polar surface area (TPSA) is 46.2 Å². The van der Waals surface area contributed by atoms with Gasteiger partial charge in [-0.1, -0.05) is 60.2 Å². The predicted molar refractivity (Wildman–Crippen MR) is 83.6 cm³/mol. The van der Waals surface area contributed by atoms with E-state index in [1.165, 1.54) is 12.1 Å². The van der Waals surface area contributed by atoms with Crippen molar-refractivity contribution in [3.63, 3.8) is 0 Å². The van der Waals surface area contributed by atoms with Crippen molar-refractivity contribution in [1.29, 1.82) is 0 Å². The molecule has 0 heterocycles. The van der Waals surface area contributed by atoms with Gasteiger partial charge in [-0.2, -0.15) is 13.2 Å². The van der Waals surface area contributed by atoms with Gasteiger partial charge in [-0.25, -0.2) is 0 Å². The van der Waals surface area contributed by atoms with Crippen LogP contribution in [0.15, 0.2) is 54.6 Å². The molecule has 6 heteroatoms. The van der Waals surface area contributed by atoms with Crippen molar-refractivity contribution in [3.05, 3.63) is 71.3 Å². The van der Waals surface area contributed by atoms with E-state index in [1.54, 1.807) is 47.8 Å². The molecule has 0 aromatic heterocycles. The highest BCUT2D eigenvalue weighted by atomic mass is 19.4. The first-order chi connectivity index (χ1) is 11.3. The summed E-state index contributed by atoms with van der Waals surface area (Å²) in [5, 5.41) is 1.80. The number of nitrogens with one attached hydrogen (secondary N) is 1. The second-order valence-corrected chi connectivity index (χ2v) is 5.44. The van der Waals surface area contributed by atoms with Crippen molar-refractivity contribution in [3.8, 4) is 0 Å². The highest BCUT2D eigenvalue weighted by molar-refractivity contribution is 6.02. The van der Waals surface area contributed by atoms with E-state index in [0.717, 1.165) is 5.56 Å². The number of benzene rings is 2. The lowest BCUT2D eigenvalue weighted by Crippen LogP contribution is -2.48. The Balaban J connectivity index is 2.25. The lowest BCUT2D eigenvalue weighted by Gasteiger charge is -2.19. The van der Waals surface area contributed by atoms with Crippen molar-refractivity contribution >= 4 is 11.7 Å². The van der Waals surface area contributed by atoms with Gasteiger partial charge >= 0.3 is 12.1 Å². The zero-order valence-corrected chi connectivity index (χ0v) is 12.9. The molecule has 126 valence electrons. The Morgan fingerprint density at radius 1 is 1.00 bits per heavy atom. The molecule has 2 rings (SSSR count). The average molecular weight is 335 g/mol. The van der Waals surface area contributed by atoms with E-state index in [9.17, 15) is 22.8 Å². The second kappa shape index (κ2) is 7.29. The van der Waals surface area contributed by atoms with Crippen LogP contribution >= 0.6 is 0 Å². The Bertz CT molecular complexity index is 709. The molecule has 1 atom stereocenters. The van der Waals surface area contributed by atoms with Gasteiger partial charge in [-0.15, -0.1) is 0 Å². The molecule has 0 fully saturated rings. The smallest absolute Gasteiger partial charge is 0.338 e. The Hall–Kier alpha value is -2.63. The molecule has 3 nitrogen and oxygen atoms in total. The summed E-state index contributed by atoms with van der Waals surface area (Å²) in [5.74, 6) is -2.68. The van der Waals surface area contributed by atoms with E-state index in [-0.39, 0.29) is 12.0 Å². The summed E-state index contributed by atoms with van der Waals surface area (Å²) in [6.07, 6.45) is -5.06. The number of carbonyl (C=O) groups is 2. The molecule has 1 N–H and O–H groups in total. The molecular formula is C18H16F3NO2. The SMILES string of the molecule is Cc1ccc(C(=O)[C@@H](Cc2ccccc2)NC(=O)C(F)(F)F)cc1. The van der Waals surface area contributed by atoms with Crippen molar-refractivity contribution in [2.45, 2.75) is 25.6 Å². The molecule has 2 aromatic rings. The Morgan fingerprint density at radius 3 is 2.12 bits per heavy atom. The minimum atomic E-state index is -5.04. The van der Waals surface area contributed by atoms with Crippen LogP contribution in [0.3, 0.4) is 0 Å². The summed E-state index contributed by atoms with van der Waals surface area (Å²) >= 11 is 0. The molecular weight excluding hydrogens is 319 g/mol. The molecule has 0 aliphatic heterocycles. The van der Waals surface area contributed by atoms with E-state index < -0.39 is 23.9 Å². The van der Waals surface area contributed by atoms with Gasteiger partial charge in [-0.3, -0.25) is 9.59 Å². The Labute approximate surface area is 137 Å². The van der Waals surface area contributed by atoms with Crippen LogP contribution in [-0.4, -0.2) is 23.9 Å². The molecule has 0 saturated heterocycles. The quantitative estimate of drug-likeness (QED) is 0.851. The highest BCUT2D eigenvalue weighted by Crippen LogP contribution is 2.17. The third-order valence-electron chi connectivity index (χ3n) is 3.50. The molecule has 0 spiro atoms. The summed E-state index contributed by atoms with van der Waals surface area (Å²) in [4.78, 5) is 23.8. The minimum Gasteiger partial charge on any atom is -0.338 e. The maximum Gasteiger partial charge on any atom is 0.471 e. The van der Waals surface area contributed by atoms with Gasteiger partial charge in [0.2, 0.25) is 0 Å². The van der Waals surface area contributed by atoms with Crippen LogP contribution in [0.4, 0.5) is 13.2 Å². The molecule has 0 aliphatic carbocycles. The van der Waals surface area contributed by atoms with Gasteiger partial charge in [0.05, 0.1) is 6.04 Å². The molecule has 0 saturated carbocycles. The number of aryl methyl sites for hydroxylation is 1. The highest BCUT2D eigenvalue weighted by Gasteiger charge is 2.40. The van der Waals surface area contributed by atoms with Crippen LogP contribution in [-0.2, 0) is 11.2 Å². The Morgan fingerprint density at radius 2 is 1.58 bits per heavy atom. The van der Waals surface area contributed by atoms with E-state index in [1.807, 2.05) is 6.92 Å². The molecule has 0 aliphatic rings. The van der Waals surface area contributed by atoms with Gasteiger partial charge in [0.1, 0.15) is 0 Å². The van der Waals surface area contributed by atoms with Crippen LogP contribution in [0, 0.1) is 6.92 Å². The van der Waals surface area contributed by atoms with Crippen LogP contribution < -0.4 is 5.32 Å². The van der Waals surface area contributed by atoms with Crippen molar-refractivity contribution in [2.24, 2.45) is 0 Å². The molecule has 2 aromatic carbocycles. The van der Waals surface area contributed by atoms with Crippen molar-refractivity contribution in [2.75, 3.05) is 0 Å². The third-order valence-corrected chi connectivity index (χ3v) is 3.50. The first-order valence-corrected chi connectivity index (χ1v) is 7.30. The van der Waals surface area contributed by atoms with E-state index in [2.05, 4.69) is 0 Å². The summed E-state index contributed by atoms with van der Waals surface area (Å²) in [5.41, 5.74) is 1.83. The zero-order valence-electron chi connectivity index (χ0n) is 12.9. The summed E-state index contributed by atoms with van der Waals surface area (Å²) < 4.78 is 37.6. The van der Waals surface area contributed by atoms with Crippen LogP contribution in [0.25, 0.3) is 0 Å². The van der Waals surface area contributed by atoms with E-state index in [4.69, 9.17) is 0 Å². The van der Waals surface area contributed by atoms with Gasteiger partial charge in [0, 0.05) is 12.0 Å². The van der Waals surface area contributed by atoms with Gasteiger partial charge in [-0.05, 0) is 12.5 Å². The molecule has 0 radical (unpaired) electrons. The zero-order chi connectivity index (χ0) is 17.7. The number of rotatable bonds is 5. The largest absolute Gasteiger partial charge is 0.471 e. The monoisotopic (exact) mass is 335 g/mol. The number of Topliss-reactive ketones (excluding diaryl/α,β-unsaturated/α-hetero) is 1. The summed E-state index contributed by atoms with van der Waals surface area (Å²) in [6, 6.07) is 13.7. The molecule has 0 unspecified atom stereocenters. The first-order valence-electron chi connectivity index (χ1n) is 7.30. The van der Waals surface area contributed by atoms with Gasteiger partial charge < -0.3 is 5.32 Å². The maximum absolute atomic E-state index is 12.5. The number of hydrogen-bond donors (Lipinski definition) is 1. The van der Waals surface area contributed by atoms with Crippen LogP contribution in [0.5, 0.6) is 0 Å². The van der Waals surface area contributed by atoms with Crippen LogP contribution in [0.2, 0.25) is 0 Å². The normalized spacial score (nSPS) is 12.5. The van der Waals surface area contributed by atoms with Crippen molar-refractivity contribution < 1.29 is 22.8 Å². The molecule has 0 bridgehead atoms. The number of amides is 1.